The monoisotopic (exact) mass is 454 g/mol. The van der Waals surface area contributed by atoms with Crippen molar-refractivity contribution in [2.24, 2.45) is 0 Å². The van der Waals surface area contributed by atoms with Gasteiger partial charge >= 0.3 is 0 Å². The number of benzene rings is 3. The molecular formula is C24H26N2O5S. The molecule has 0 aromatic heterocycles. The number of nitrogens with zero attached hydrogens (tertiary/aromatic N) is 1. The van der Waals surface area contributed by atoms with Crippen LogP contribution in [-0.4, -0.2) is 47.2 Å². The summed E-state index contributed by atoms with van der Waals surface area (Å²) >= 11 is 0. The number of anilines is 1. The van der Waals surface area contributed by atoms with Crippen molar-refractivity contribution >= 4 is 32.4 Å². The third-order valence-corrected chi connectivity index (χ3v) is 7.28. The summed E-state index contributed by atoms with van der Waals surface area (Å²) in [6, 6.07) is 19.3. The molecule has 8 heteroatoms. The normalized spacial score (nSPS) is 16.1. The Bertz CT molecular complexity index is 1190. The molecule has 1 aliphatic heterocycles. The fraction of sp³-hybridized carbons (Fsp3) is 0.292. The number of nitrogens with one attached hydrogen (secondary N) is 1. The van der Waals surface area contributed by atoms with Gasteiger partial charge in [-0.25, -0.2) is 8.42 Å². The first kappa shape index (κ1) is 22.1. The number of ether oxygens (including phenoxy) is 2. The van der Waals surface area contributed by atoms with Crippen LogP contribution >= 0.6 is 0 Å². The summed E-state index contributed by atoms with van der Waals surface area (Å²) in [5.74, 6) is 0.262. The molecule has 32 heavy (non-hydrogen) atoms. The third-order valence-electron chi connectivity index (χ3n) is 5.50. The largest absolute Gasteiger partial charge is 0.484 e. The number of carbonyl (C=O) groups is 1. The van der Waals surface area contributed by atoms with Crippen molar-refractivity contribution in [3.8, 4) is 5.75 Å². The predicted octanol–water partition coefficient (Wildman–Crippen LogP) is 3.34. The molecule has 1 N–H and O–H groups in total. The van der Waals surface area contributed by atoms with Gasteiger partial charge < -0.3 is 14.8 Å². The quantitative estimate of drug-likeness (QED) is 0.564. The zero-order valence-corrected chi connectivity index (χ0v) is 18.7. The second-order valence-corrected chi connectivity index (χ2v) is 9.67. The smallest absolute Gasteiger partial charge is 0.264 e. The molecule has 1 heterocycles. The zero-order chi connectivity index (χ0) is 22.6. The van der Waals surface area contributed by atoms with Gasteiger partial charge in [-0.15, -0.1) is 0 Å². The minimum absolute atomic E-state index is 0.0818. The average Bonchev–Trinajstić information content (AvgIpc) is 3.34. The van der Waals surface area contributed by atoms with Crippen molar-refractivity contribution in [2.75, 3.05) is 31.1 Å². The van der Waals surface area contributed by atoms with E-state index in [0.717, 1.165) is 30.2 Å². The fourth-order valence-electron chi connectivity index (χ4n) is 3.61. The molecule has 7 nitrogen and oxygen atoms in total. The Balaban J connectivity index is 1.37. The lowest BCUT2D eigenvalue weighted by Crippen LogP contribution is -2.35. The van der Waals surface area contributed by atoms with Crippen molar-refractivity contribution in [1.82, 2.24) is 5.32 Å². The lowest BCUT2D eigenvalue weighted by atomic mass is 10.1. The molecule has 1 saturated heterocycles. The highest BCUT2D eigenvalue weighted by atomic mass is 32.2. The van der Waals surface area contributed by atoms with Gasteiger partial charge in [0.2, 0.25) is 0 Å². The van der Waals surface area contributed by atoms with Crippen LogP contribution in [0.3, 0.4) is 0 Å². The molecule has 168 valence electrons. The van der Waals surface area contributed by atoms with Crippen LogP contribution in [0.1, 0.15) is 12.8 Å². The van der Waals surface area contributed by atoms with E-state index < -0.39 is 10.0 Å². The van der Waals surface area contributed by atoms with Crippen molar-refractivity contribution in [2.45, 2.75) is 23.8 Å². The Labute approximate surface area is 188 Å². The molecule has 0 saturated carbocycles. The van der Waals surface area contributed by atoms with Crippen LogP contribution in [0.4, 0.5) is 5.69 Å². The summed E-state index contributed by atoms with van der Waals surface area (Å²) in [5, 5.41) is 4.64. The van der Waals surface area contributed by atoms with Gasteiger partial charge in [0, 0.05) is 20.2 Å². The molecule has 3 aromatic rings. The van der Waals surface area contributed by atoms with Crippen molar-refractivity contribution < 1.29 is 22.7 Å². The predicted molar refractivity (Wildman–Crippen MR) is 123 cm³/mol. The maximum atomic E-state index is 13.1. The summed E-state index contributed by atoms with van der Waals surface area (Å²) in [6.07, 6.45) is 2.06. The van der Waals surface area contributed by atoms with Crippen molar-refractivity contribution in [1.29, 1.82) is 0 Å². The number of hydrogen-bond acceptors (Lipinski definition) is 5. The van der Waals surface area contributed by atoms with Gasteiger partial charge in [-0.05, 0) is 60.0 Å². The van der Waals surface area contributed by atoms with E-state index in [1.807, 2.05) is 24.3 Å². The van der Waals surface area contributed by atoms with E-state index in [4.69, 9.17) is 9.47 Å². The Morgan fingerprint density at radius 2 is 1.84 bits per heavy atom. The summed E-state index contributed by atoms with van der Waals surface area (Å²) in [6.45, 7) is 1.12. The summed E-state index contributed by atoms with van der Waals surface area (Å²) < 4.78 is 38.4. The highest BCUT2D eigenvalue weighted by Crippen LogP contribution is 2.26. The average molecular weight is 455 g/mol. The first-order chi connectivity index (χ1) is 15.4. The standard InChI is InChI=1S/C24H26N2O5S/c1-26(32(28,29)23-13-8-18-5-2-3-6-19(18)15-23)20-9-11-21(12-10-20)31-17-24(27)25-16-22-7-4-14-30-22/h2-3,5-6,8-13,15,22H,4,7,14,16-17H2,1H3,(H,25,27). The number of rotatable bonds is 8. The third kappa shape index (κ3) is 5.03. The molecule has 3 aromatic carbocycles. The molecule has 1 amide bonds. The topological polar surface area (TPSA) is 84.9 Å². The number of fused-ring (bicyclic) bond motifs is 1. The maximum absolute atomic E-state index is 13.1. The summed E-state index contributed by atoms with van der Waals surface area (Å²) in [4.78, 5) is 12.2. The van der Waals surface area contributed by atoms with E-state index in [-0.39, 0.29) is 23.5 Å². The molecule has 0 spiro atoms. The van der Waals surface area contributed by atoms with Gasteiger partial charge in [-0.2, -0.15) is 0 Å². The Hall–Kier alpha value is -3.10. The maximum Gasteiger partial charge on any atom is 0.264 e. The van der Waals surface area contributed by atoms with Crippen molar-refractivity contribution in [3.63, 3.8) is 0 Å². The van der Waals surface area contributed by atoms with E-state index in [2.05, 4.69) is 5.32 Å². The van der Waals surface area contributed by atoms with E-state index in [0.29, 0.717) is 18.0 Å². The van der Waals surface area contributed by atoms with Crippen LogP contribution in [0.25, 0.3) is 10.8 Å². The van der Waals surface area contributed by atoms with Crippen LogP contribution in [0, 0.1) is 0 Å². The molecule has 0 radical (unpaired) electrons. The molecule has 1 unspecified atom stereocenters. The Morgan fingerprint density at radius 3 is 2.56 bits per heavy atom. The SMILES string of the molecule is CN(c1ccc(OCC(=O)NCC2CCCO2)cc1)S(=O)(=O)c1ccc2ccccc2c1. The highest BCUT2D eigenvalue weighted by Gasteiger charge is 2.22. The number of amides is 1. The molecule has 0 aliphatic carbocycles. The summed E-state index contributed by atoms with van der Waals surface area (Å²) in [7, 11) is -2.21. The van der Waals surface area contributed by atoms with Gasteiger partial charge in [0.05, 0.1) is 16.7 Å². The van der Waals surface area contributed by atoms with Gasteiger partial charge in [0.1, 0.15) is 5.75 Å². The Kier molecular flexibility index (Phi) is 6.62. The number of hydrogen-bond donors (Lipinski definition) is 1. The molecule has 1 aliphatic rings. The zero-order valence-electron chi connectivity index (χ0n) is 17.9. The van der Waals surface area contributed by atoms with E-state index >= 15 is 0 Å². The minimum atomic E-state index is -3.72. The minimum Gasteiger partial charge on any atom is -0.484 e. The van der Waals surface area contributed by atoms with Crippen LogP contribution < -0.4 is 14.4 Å². The number of sulfonamides is 1. The van der Waals surface area contributed by atoms with Crippen LogP contribution in [-0.2, 0) is 19.6 Å². The lowest BCUT2D eigenvalue weighted by molar-refractivity contribution is -0.123. The van der Waals surface area contributed by atoms with Crippen LogP contribution in [0.5, 0.6) is 5.75 Å². The fourth-order valence-corrected chi connectivity index (χ4v) is 4.84. The molecule has 1 fully saturated rings. The van der Waals surface area contributed by atoms with E-state index in [9.17, 15) is 13.2 Å². The van der Waals surface area contributed by atoms with Gasteiger partial charge in [0.15, 0.2) is 6.61 Å². The van der Waals surface area contributed by atoms with Gasteiger partial charge in [-0.1, -0.05) is 30.3 Å². The molecule has 1 atom stereocenters. The van der Waals surface area contributed by atoms with Gasteiger partial charge in [-0.3, -0.25) is 9.10 Å². The van der Waals surface area contributed by atoms with Crippen LogP contribution in [0.15, 0.2) is 71.6 Å². The lowest BCUT2D eigenvalue weighted by Gasteiger charge is -2.20. The van der Waals surface area contributed by atoms with E-state index in [1.54, 1.807) is 42.5 Å². The highest BCUT2D eigenvalue weighted by molar-refractivity contribution is 7.92. The first-order valence-corrected chi connectivity index (χ1v) is 12.0. The van der Waals surface area contributed by atoms with Gasteiger partial charge in [0.25, 0.3) is 15.9 Å². The molecular weight excluding hydrogens is 428 g/mol. The Morgan fingerprint density at radius 1 is 1.09 bits per heavy atom. The first-order valence-electron chi connectivity index (χ1n) is 10.5. The molecule has 4 rings (SSSR count). The summed E-state index contributed by atoms with van der Waals surface area (Å²) in [5.41, 5.74) is 0.494. The van der Waals surface area contributed by atoms with E-state index in [1.165, 1.54) is 11.4 Å². The number of carbonyl (C=O) groups excluding carboxylic acids is 1. The van der Waals surface area contributed by atoms with Crippen molar-refractivity contribution in [3.05, 3.63) is 66.7 Å². The second-order valence-electron chi connectivity index (χ2n) is 7.70. The van der Waals surface area contributed by atoms with Crippen LogP contribution in [0.2, 0.25) is 0 Å². The molecule has 0 bridgehead atoms. The second kappa shape index (κ2) is 9.58.